The van der Waals surface area contributed by atoms with Crippen molar-refractivity contribution in [2.45, 2.75) is 37.8 Å². The van der Waals surface area contributed by atoms with Crippen molar-refractivity contribution in [3.63, 3.8) is 0 Å². The molecule has 2 atom stereocenters. The molecule has 19 heavy (non-hydrogen) atoms. The Labute approximate surface area is 114 Å². The van der Waals surface area contributed by atoms with Crippen LogP contribution in [0.5, 0.6) is 0 Å². The van der Waals surface area contributed by atoms with Gasteiger partial charge >= 0.3 is 0 Å². The third kappa shape index (κ3) is 4.65. The minimum atomic E-state index is -0.198. The van der Waals surface area contributed by atoms with Crippen LogP contribution < -0.4 is 10.6 Å². The van der Waals surface area contributed by atoms with Gasteiger partial charge in [-0.2, -0.15) is 0 Å². The average Bonchev–Trinajstić information content (AvgIpc) is 2.92. The minimum Gasteiger partial charge on any atom is -0.394 e. The summed E-state index contributed by atoms with van der Waals surface area (Å²) < 4.78 is 0. The zero-order chi connectivity index (χ0) is 13.5. The monoisotopic (exact) mass is 262 g/mol. The normalized spacial score (nSPS) is 20.2. The van der Waals surface area contributed by atoms with Gasteiger partial charge in [0.15, 0.2) is 0 Å². The minimum absolute atomic E-state index is 0.0226. The highest BCUT2D eigenvalue weighted by atomic mass is 16.3. The van der Waals surface area contributed by atoms with E-state index in [0.29, 0.717) is 18.9 Å². The van der Waals surface area contributed by atoms with Gasteiger partial charge in [0.1, 0.15) is 0 Å². The lowest BCUT2D eigenvalue weighted by Crippen LogP contribution is -2.41. The number of carbonyl (C=O) groups excluding carboxylic acids is 1. The maximum atomic E-state index is 11.9. The van der Waals surface area contributed by atoms with Gasteiger partial charge in [-0.05, 0) is 31.4 Å². The highest BCUT2D eigenvalue weighted by Gasteiger charge is 2.19. The molecule has 1 aromatic carbocycles. The number of nitrogens with one attached hydrogen (secondary N) is 2. The summed E-state index contributed by atoms with van der Waals surface area (Å²) in [4.78, 5) is 11.9. The first-order chi connectivity index (χ1) is 9.28. The molecule has 1 fully saturated rings. The molecular formula is C15H22N2O2. The molecule has 0 spiro atoms. The molecule has 1 unspecified atom stereocenters. The molecule has 1 heterocycles. The van der Waals surface area contributed by atoms with E-state index < -0.39 is 0 Å². The summed E-state index contributed by atoms with van der Waals surface area (Å²) in [5.41, 5.74) is 1.13. The Morgan fingerprint density at radius 3 is 2.84 bits per heavy atom. The molecule has 3 N–H and O–H groups in total. The number of aliphatic hydroxyl groups excluding tert-OH is 1. The fourth-order valence-corrected chi connectivity index (χ4v) is 2.50. The van der Waals surface area contributed by atoms with E-state index in [0.717, 1.165) is 24.9 Å². The van der Waals surface area contributed by atoms with E-state index in [1.165, 1.54) is 0 Å². The first-order valence-corrected chi connectivity index (χ1v) is 6.95. The Kier molecular flexibility index (Phi) is 5.36. The number of benzene rings is 1. The summed E-state index contributed by atoms with van der Waals surface area (Å²) >= 11 is 0. The van der Waals surface area contributed by atoms with E-state index in [4.69, 9.17) is 0 Å². The molecule has 0 bridgehead atoms. The first-order valence-electron chi connectivity index (χ1n) is 6.95. The summed E-state index contributed by atoms with van der Waals surface area (Å²) in [5.74, 6) is 0.0226. The second-order valence-corrected chi connectivity index (χ2v) is 5.13. The Morgan fingerprint density at radius 1 is 1.42 bits per heavy atom. The fourth-order valence-electron chi connectivity index (χ4n) is 2.50. The number of hydrogen-bond acceptors (Lipinski definition) is 3. The van der Waals surface area contributed by atoms with E-state index >= 15 is 0 Å². The van der Waals surface area contributed by atoms with Crippen molar-refractivity contribution in [2.75, 3.05) is 13.2 Å². The molecule has 1 aromatic rings. The SMILES string of the molecule is O=C(CC1CCCN1)N[C@H](CO)Cc1ccccc1. The van der Waals surface area contributed by atoms with Crippen LogP contribution in [0.15, 0.2) is 30.3 Å². The van der Waals surface area contributed by atoms with Gasteiger partial charge in [-0.25, -0.2) is 0 Å². The molecule has 0 aromatic heterocycles. The number of carbonyl (C=O) groups is 1. The largest absolute Gasteiger partial charge is 0.394 e. The van der Waals surface area contributed by atoms with Crippen LogP contribution in [0.3, 0.4) is 0 Å². The highest BCUT2D eigenvalue weighted by molar-refractivity contribution is 5.77. The quantitative estimate of drug-likeness (QED) is 0.712. The van der Waals surface area contributed by atoms with E-state index in [9.17, 15) is 9.90 Å². The molecule has 104 valence electrons. The smallest absolute Gasteiger partial charge is 0.221 e. The third-order valence-corrected chi connectivity index (χ3v) is 3.50. The maximum Gasteiger partial charge on any atom is 0.221 e. The van der Waals surface area contributed by atoms with Crippen molar-refractivity contribution in [1.82, 2.24) is 10.6 Å². The van der Waals surface area contributed by atoms with Crippen molar-refractivity contribution < 1.29 is 9.90 Å². The van der Waals surface area contributed by atoms with Crippen LogP contribution in [0.4, 0.5) is 0 Å². The molecular weight excluding hydrogens is 240 g/mol. The first kappa shape index (κ1) is 14.0. The summed E-state index contributed by atoms with van der Waals surface area (Å²) in [6.45, 7) is 0.976. The lowest BCUT2D eigenvalue weighted by molar-refractivity contribution is -0.122. The van der Waals surface area contributed by atoms with Crippen LogP contribution in [0, 0.1) is 0 Å². The van der Waals surface area contributed by atoms with Crippen LogP contribution in [0.2, 0.25) is 0 Å². The van der Waals surface area contributed by atoms with Gasteiger partial charge in [0.25, 0.3) is 0 Å². The van der Waals surface area contributed by atoms with Crippen LogP contribution in [-0.4, -0.2) is 36.2 Å². The van der Waals surface area contributed by atoms with Crippen molar-refractivity contribution >= 4 is 5.91 Å². The summed E-state index contributed by atoms with van der Waals surface area (Å²) in [6, 6.07) is 10.0. The number of amides is 1. The summed E-state index contributed by atoms with van der Waals surface area (Å²) in [5, 5.41) is 15.6. The van der Waals surface area contributed by atoms with Gasteiger partial charge in [-0.3, -0.25) is 4.79 Å². The Hall–Kier alpha value is -1.39. The predicted octanol–water partition coefficient (Wildman–Crippen LogP) is 0.848. The molecule has 0 aliphatic carbocycles. The number of rotatable bonds is 6. The molecule has 4 heteroatoms. The summed E-state index contributed by atoms with van der Waals surface area (Å²) in [6.07, 6.45) is 3.38. The third-order valence-electron chi connectivity index (χ3n) is 3.50. The van der Waals surface area contributed by atoms with Crippen molar-refractivity contribution in [3.8, 4) is 0 Å². The lowest BCUT2D eigenvalue weighted by atomic mass is 10.1. The van der Waals surface area contributed by atoms with Crippen LogP contribution in [0.25, 0.3) is 0 Å². The van der Waals surface area contributed by atoms with Crippen LogP contribution >= 0.6 is 0 Å². The maximum absolute atomic E-state index is 11.9. The second kappa shape index (κ2) is 7.26. The van der Waals surface area contributed by atoms with Crippen molar-refractivity contribution in [1.29, 1.82) is 0 Å². The van der Waals surface area contributed by atoms with Gasteiger partial charge in [0.2, 0.25) is 5.91 Å². The standard InChI is InChI=1S/C15H22N2O2/c18-11-14(9-12-5-2-1-3-6-12)17-15(19)10-13-7-4-8-16-13/h1-3,5-6,13-14,16,18H,4,7-11H2,(H,17,19)/t13?,14-/m0/s1. The summed E-state index contributed by atoms with van der Waals surface area (Å²) in [7, 11) is 0. The Morgan fingerprint density at radius 2 is 2.21 bits per heavy atom. The highest BCUT2D eigenvalue weighted by Crippen LogP contribution is 2.09. The lowest BCUT2D eigenvalue weighted by Gasteiger charge is -2.18. The molecule has 1 amide bonds. The molecule has 0 radical (unpaired) electrons. The van der Waals surface area contributed by atoms with Gasteiger partial charge in [0, 0.05) is 12.5 Å². The van der Waals surface area contributed by atoms with E-state index in [-0.39, 0.29) is 18.6 Å². The van der Waals surface area contributed by atoms with E-state index in [1.807, 2.05) is 30.3 Å². The molecule has 2 rings (SSSR count). The van der Waals surface area contributed by atoms with Crippen molar-refractivity contribution in [2.24, 2.45) is 0 Å². The molecule has 1 aliphatic rings. The molecule has 4 nitrogen and oxygen atoms in total. The fraction of sp³-hybridized carbons (Fsp3) is 0.533. The van der Waals surface area contributed by atoms with Gasteiger partial charge in [-0.1, -0.05) is 30.3 Å². The van der Waals surface area contributed by atoms with Gasteiger partial charge < -0.3 is 15.7 Å². The van der Waals surface area contributed by atoms with Gasteiger partial charge in [-0.15, -0.1) is 0 Å². The molecule has 0 saturated carbocycles. The van der Waals surface area contributed by atoms with Crippen LogP contribution in [-0.2, 0) is 11.2 Å². The van der Waals surface area contributed by atoms with Crippen molar-refractivity contribution in [3.05, 3.63) is 35.9 Å². The van der Waals surface area contributed by atoms with E-state index in [2.05, 4.69) is 10.6 Å². The van der Waals surface area contributed by atoms with Crippen LogP contribution in [0.1, 0.15) is 24.8 Å². The molecule has 1 saturated heterocycles. The second-order valence-electron chi connectivity index (χ2n) is 5.13. The van der Waals surface area contributed by atoms with Gasteiger partial charge in [0.05, 0.1) is 12.6 Å². The predicted molar refractivity (Wildman–Crippen MR) is 74.8 cm³/mol. The number of hydrogen-bond donors (Lipinski definition) is 3. The number of aliphatic hydroxyl groups is 1. The Bertz CT molecular complexity index is 388. The van der Waals surface area contributed by atoms with E-state index in [1.54, 1.807) is 0 Å². The zero-order valence-corrected chi connectivity index (χ0v) is 11.1. The zero-order valence-electron chi connectivity index (χ0n) is 11.1. The average molecular weight is 262 g/mol. The topological polar surface area (TPSA) is 61.4 Å². The molecule has 1 aliphatic heterocycles. The Balaban J connectivity index is 1.79.